The summed E-state index contributed by atoms with van der Waals surface area (Å²) in [7, 11) is 1.52. The lowest BCUT2D eigenvalue weighted by molar-refractivity contribution is 0.0587. The van der Waals surface area contributed by atoms with Crippen molar-refractivity contribution in [3.05, 3.63) is 46.6 Å². The Balaban J connectivity index is 1.42. The van der Waals surface area contributed by atoms with E-state index in [1.165, 1.54) is 28.7 Å². The van der Waals surface area contributed by atoms with Crippen molar-refractivity contribution in [2.24, 2.45) is 0 Å². The number of hydrogen-bond acceptors (Lipinski definition) is 9. The van der Waals surface area contributed by atoms with Gasteiger partial charge in [0.15, 0.2) is 17.1 Å². The van der Waals surface area contributed by atoms with Gasteiger partial charge in [-0.15, -0.1) is 0 Å². The van der Waals surface area contributed by atoms with Crippen LogP contribution in [0.25, 0.3) is 16.7 Å². The van der Waals surface area contributed by atoms with E-state index in [0.717, 1.165) is 5.56 Å². The van der Waals surface area contributed by atoms with Crippen LogP contribution in [0.4, 0.5) is 16.3 Å². The van der Waals surface area contributed by atoms with Gasteiger partial charge in [-0.05, 0) is 45.4 Å². The van der Waals surface area contributed by atoms with Gasteiger partial charge in [0.2, 0.25) is 0 Å². The summed E-state index contributed by atoms with van der Waals surface area (Å²) in [5, 5.41) is 7.21. The van der Waals surface area contributed by atoms with Gasteiger partial charge in [-0.2, -0.15) is 9.61 Å². The zero-order valence-electron chi connectivity index (χ0n) is 22.0. The van der Waals surface area contributed by atoms with Crippen molar-refractivity contribution in [3.8, 4) is 0 Å². The maximum absolute atomic E-state index is 13.0. The second-order valence-corrected chi connectivity index (χ2v) is 10.3. The second kappa shape index (κ2) is 10.5. The molecule has 38 heavy (non-hydrogen) atoms. The molecule has 4 rings (SSSR count). The fourth-order valence-corrected chi connectivity index (χ4v) is 3.93. The molecule has 1 atom stereocenters. The number of nitrogens with two attached hydrogens (primary N) is 1. The average Bonchev–Trinajstić information content (AvgIpc) is 3.40. The number of hydrogen-bond donors (Lipinski definition) is 2. The van der Waals surface area contributed by atoms with Crippen LogP contribution in [0.2, 0.25) is 5.15 Å². The van der Waals surface area contributed by atoms with E-state index in [4.69, 9.17) is 31.2 Å². The molecule has 0 bridgehead atoms. The van der Waals surface area contributed by atoms with E-state index in [1.807, 2.05) is 13.0 Å². The van der Waals surface area contributed by atoms with Crippen LogP contribution in [0, 0.1) is 6.92 Å². The van der Waals surface area contributed by atoms with Crippen molar-refractivity contribution in [2.45, 2.75) is 52.9 Å². The van der Waals surface area contributed by atoms with E-state index >= 15 is 0 Å². The van der Waals surface area contributed by atoms with Crippen LogP contribution in [-0.4, -0.2) is 56.9 Å². The Morgan fingerprint density at radius 1 is 1.26 bits per heavy atom. The first kappa shape index (κ1) is 27.1. The van der Waals surface area contributed by atoms with Crippen molar-refractivity contribution in [3.63, 3.8) is 0 Å². The number of amides is 2. The van der Waals surface area contributed by atoms with E-state index < -0.39 is 17.6 Å². The average molecular weight is 544 g/mol. The summed E-state index contributed by atoms with van der Waals surface area (Å²) < 4.78 is 18.1. The largest absolute Gasteiger partial charge is 0.443 e. The summed E-state index contributed by atoms with van der Waals surface area (Å²) in [4.78, 5) is 35.4. The number of nitrogen functional groups attached to an aromatic ring is 1. The van der Waals surface area contributed by atoms with Crippen LogP contribution >= 0.6 is 11.6 Å². The van der Waals surface area contributed by atoms with E-state index in [0.29, 0.717) is 28.5 Å². The highest BCUT2D eigenvalue weighted by Gasteiger charge is 2.25. The molecule has 0 spiro atoms. The van der Waals surface area contributed by atoms with Crippen molar-refractivity contribution in [1.29, 1.82) is 0 Å². The Labute approximate surface area is 224 Å². The lowest BCUT2D eigenvalue weighted by atomic mass is 10.2. The van der Waals surface area contributed by atoms with Crippen molar-refractivity contribution >= 4 is 51.9 Å². The highest BCUT2D eigenvalue weighted by atomic mass is 35.5. The van der Waals surface area contributed by atoms with Crippen LogP contribution in [0.15, 0.2) is 28.8 Å². The molecular formula is C25H30ClN7O5. The molecule has 0 aliphatic rings. The van der Waals surface area contributed by atoms with Gasteiger partial charge in [0.1, 0.15) is 27.7 Å². The Morgan fingerprint density at radius 2 is 2.00 bits per heavy atom. The fraction of sp³-hybridized carbons (Fsp3) is 0.400. The fourth-order valence-electron chi connectivity index (χ4n) is 3.75. The number of halogens is 1. The first-order valence-corrected chi connectivity index (χ1v) is 12.3. The summed E-state index contributed by atoms with van der Waals surface area (Å²) in [6.07, 6.45) is 0.763. The summed E-state index contributed by atoms with van der Waals surface area (Å²) in [5.41, 5.74) is 8.29. The van der Waals surface area contributed by atoms with Gasteiger partial charge in [-0.3, -0.25) is 9.69 Å². The van der Waals surface area contributed by atoms with Crippen molar-refractivity contribution < 1.29 is 23.5 Å². The Hall–Kier alpha value is -3.90. The molecule has 3 heterocycles. The number of nitrogens with one attached hydrogen (secondary N) is 1. The van der Waals surface area contributed by atoms with Crippen LogP contribution in [0.1, 0.15) is 49.5 Å². The number of carbonyl (C=O) groups excluding carboxylic acids is 2. The number of oxazole rings is 1. The minimum Gasteiger partial charge on any atom is -0.443 e. The Morgan fingerprint density at radius 3 is 2.71 bits per heavy atom. The molecule has 0 aliphatic carbocycles. The third-order valence-electron chi connectivity index (χ3n) is 5.38. The Kier molecular flexibility index (Phi) is 7.47. The van der Waals surface area contributed by atoms with Gasteiger partial charge >= 0.3 is 6.09 Å². The molecule has 0 unspecified atom stereocenters. The van der Waals surface area contributed by atoms with Crippen LogP contribution in [0.3, 0.4) is 0 Å². The number of fused-ring (bicyclic) bond motifs is 2. The maximum atomic E-state index is 13.0. The van der Waals surface area contributed by atoms with E-state index in [1.54, 1.807) is 33.8 Å². The number of nitrogens with zero attached hydrogens (tertiary/aromatic N) is 5. The molecule has 0 saturated carbocycles. The topological polar surface area (TPSA) is 150 Å². The first-order valence-electron chi connectivity index (χ1n) is 11.9. The smallest absolute Gasteiger partial charge is 0.415 e. The predicted molar refractivity (Wildman–Crippen MR) is 142 cm³/mol. The molecule has 0 saturated heterocycles. The van der Waals surface area contributed by atoms with Crippen LogP contribution < -0.4 is 16.0 Å². The molecule has 3 aromatic heterocycles. The van der Waals surface area contributed by atoms with Crippen LogP contribution in [0.5, 0.6) is 0 Å². The molecule has 0 aliphatic heterocycles. The molecule has 3 N–H and O–H groups in total. The molecule has 2 amide bonds. The molecule has 0 radical (unpaired) electrons. The summed E-state index contributed by atoms with van der Waals surface area (Å²) in [6.45, 7) is 9.38. The highest BCUT2D eigenvalue weighted by Crippen LogP contribution is 2.25. The van der Waals surface area contributed by atoms with Crippen LogP contribution in [-0.2, 0) is 16.1 Å². The summed E-state index contributed by atoms with van der Waals surface area (Å²) >= 11 is 6.22. The summed E-state index contributed by atoms with van der Waals surface area (Å²) in [5.74, 6) is 0.414. The number of anilines is 2. The minimum atomic E-state index is -0.691. The van der Waals surface area contributed by atoms with Gasteiger partial charge in [-0.25, -0.2) is 14.8 Å². The number of aryl methyl sites for hydroxylation is 1. The van der Waals surface area contributed by atoms with E-state index in [-0.39, 0.29) is 35.6 Å². The molecular weight excluding hydrogens is 514 g/mol. The normalized spacial score (nSPS) is 12.6. The third-order valence-corrected chi connectivity index (χ3v) is 5.57. The second-order valence-electron chi connectivity index (χ2n) is 9.93. The summed E-state index contributed by atoms with van der Waals surface area (Å²) in [6, 6.07) is 4.76. The lowest BCUT2D eigenvalue weighted by Gasteiger charge is -2.24. The number of carbonyl (C=O) groups is 2. The predicted octanol–water partition coefficient (Wildman–Crippen LogP) is 4.12. The third kappa shape index (κ3) is 5.97. The molecule has 12 nitrogen and oxygen atoms in total. The van der Waals surface area contributed by atoms with Gasteiger partial charge in [0.25, 0.3) is 5.91 Å². The number of rotatable bonds is 7. The molecule has 4 aromatic rings. The van der Waals surface area contributed by atoms with Gasteiger partial charge < -0.3 is 24.9 Å². The Bertz CT molecular complexity index is 1510. The van der Waals surface area contributed by atoms with E-state index in [2.05, 4.69) is 20.4 Å². The monoisotopic (exact) mass is 543 g/mol. The van der Waals surface area contributed by atoms with E-state index in [9.17, 15) is 9.59 Å². The zero-order chi connectivity index (χ0) is 27.8. The minimum absolute atomic E-state index is 0.0902. The van der Waals surface area contributed by atoms with Crippen molar-refractivity contribution in [2.75, 3.05) is 24.3 Å². The highest BCUT2D eigenvalue weighted by molar-refractivity contribution is 6.30. The molecule has 1 aromatic carbocycles. The number of benzene rings is 1. The number of ether oxygens (including phenoxy) is 2. The molecule has 13 heteroatoms. The first-order chi connectivity index (χ1) is 17.8. The molecule has 0 fully saturated rings. The molecule has 202 valence electrons. The zero-order valence-corrected chi connectivity index (χ0v) is 22.8. The van der Waals surface area contributed by atoms with Gasteiger partial charge in [0.05, 0.1) is 25.1 Å². The lowest BCUT2D eigenvalue weighted by Crippen LogP contribution is -2.36. The standard InChI is InChI=1S/C25H30ClN7O5/c1-13(11-36-12-15-7-17(27)21-18(8-15)30-14(2)37-21)29-23(34)16-10-28-33-20(9-19(26)31-22(16)33)32(6)24(35)38-25(3,4)5/h7-10,13H,11-12,27H2,1-6H3,(H,29,34)/t13-/m1/s1. The maximum Gasteiger partial charge on any atom is 0.415 e. The quantitative estimate of drug-likeness (QED) is 0.259. The number of aromatic nitrogens is 4. The van der Waals surface area contributed by atoms with Gasteiger partial charge in [-0.1, -0.05) is 11.6 Å². The van der Waals surface area contributed by atoms with Gasteiger partial charge in [0, 0.05) is 26.1 Å². The SMILES string of the molecule is Cc1nc2cc(COC[C@@H](C)NC(=O)c3cnn4c(N(C)C(=O)OC(C)(C)C)cc(Cl)nc34)cc(N)c2o1. The van der Waals surface area contributed by atoms with Crippen molar-refractivity contribution in [1.82, 2.24) is 24.9 Å².